The summed E-state index contributed by atoms with van der Waals surface area (Å²) in [5.74, 6) is -0.169. The second-order valence-electron chi connectivity index (χ2n) is 3.83. The molecule has 2 rings (SSSR count). The van der Waals surface area contributed by atoms with Crippen LogP contribution in [0, 0.1) is 19.7 Å². The molecule has 84 valence electrons. The Morgan fingerprint density at radius 3 is 2.75 bits per heavy atom. The number of nitrogen functional groups attached to an aromatic ring is 1. The van der Waals surface area contributed by atoms with E-state index < -0.39 is 0 Å². The van der Waals surface area contributed by atoms with Gasteiger partial charge in [-0.2, -0.15) is 0 Å². The monoisotopic (exact) mass is 236 g/mol. The lowest BCUT2D eigenvalue weighted by Crippen LogP contribution is -1.93. The van der Waals surface area contributed by atoms with Crippen molar-refractivity contribution >= 4 is 16.5 Å². The second kappa shape index (κ2) is 4.22. The van der Waals surface area contributed by atoms with E-state index in [2.05, 4.69) is 4.98 Å². The smallest absolute Gasteiger partial charge is 0.180 e. The van der Waals surface area contributed by atoms with Gasteiger partial charge in [-0.3, -0.25) is 0 Å². The molecule has 0 atom stereocenters. The molecule has 0 aliphatic carbocycles. The Bertz CT molecular complexity index is 520. The van der Waals surface area contributed by atoms with Crippen LogP contribution in [0.5, 0.6) is 0 Å². The molecule has 2 nitrogen and oxygen atoms in total. The highest BCUT2D eigenvalue weighted by Gasteiger charge is 2.09. The SMILES string of the molecule is Cc1ccc(F)c(Cc2sc(N)nc2C)c1. The number of hydrogen-bond donors (Lipinski definition) is 1. The summed E-state index contributed by atoms with van der Waals surface area (Å²) in [6.45, 7) is 3.85. The molecule has 0 spiro atoms. The van der Waals surface area contributed by atoms with E-state index in [-0.39, 0.29) is 5.82 Å². The molecule has 16 heavy (non-hydrogen) atoms. The largest absolute Gasteiger partial charge is 0.375 e. The number of anilines is 1. The van der Waals surface area contributed by atoms with Crippen LogP contribution in [-0.4, -0.2) is 4.98 Å². The molecular formula is C12H13FN2S. The summed E-state index contributed by atoms with van der Waals surface area (Å²) >= 11 is 1.42. The van der Waals surface area contributed by atoms with Crippen molar-refractivity contribution in [2.75, 3.05) is 5.73 Å². The van der Waals surface area contributed by atoms with Crippen LogP contribution in [0.4, 0.5) is 9.52 Å². The van der Waals surface area contributed by atoms with Gasteiger partial charge in [-0.25, -0.2) is 9.37 Å². The minimum Gasteiger partial charge on any atom is -0.375 e. The topological polar surface area (TPSA) is 38.9 Å². The minimum absolute atomic E-state index is 0.169. The van der Waals surface area contributed by atoms with Gasteiger partial charge in [0, 0.05) is 11.3 Å². The van der Waals surface area contributed by atoms with Crippen LogP contribution in [0.3, 0.4) is 0 Å². The normalized spacial score (nSPS) is 10.7. The lowest BCUT2D eigenvalue weighted by atomic mass is 10.1. The Hall–Kier alpha value is -1.42. The second-order valence-corrected chi connectivity index (χ2v) is 4.95. The molecule has 2 aromatic rings. The fourth-order valence-electron chi connectivity index (χ4n) is 1.63. The zero-order chi connectivity index (χ0) is 11.7. The molecule has 1 heterocycles. The van der Waals surface area contributed by atoms with Gasteiger partial charge in [0.25, 0.3) is 0 Å². The average molecular weight is 236 g/mol. The summed E-state index contributed by atoms with van der Waals surface area (Å²) in [5, 5.41) is 0.542. The first-order chi connectivity index (χ1) is 7.56. The standard InChI is InChI=1S/C12H13FN2S/c1-7-3-4-10(13)9(5-7)6-11-8(2)15-12(14)16-11/h3-5H,6H2,1-2H3,(H2,14,15). The van der Waals surface area contributed by atoms with Crippen molar-refractivity contribution in [3.8, 4) is 0 Å². The molecule has 1 aromatic carbocycles. The van der Waals surface area contributed by atoms with Gasteiger partial charge in [0.1, 0.15) is 5.82 Å². The van der Waals surface area contributed by atoms with Crippen LogP contribution in [0.25, 0.3) is 0 Å². The first kappa shape index (κ1) is 11.1. The Balaban J connectivity index is 2.33. The molecule has 0 amide bonds. The van der Waals surface area contributed by atoms with Crippen LogP contribution in [0.1, 0.15) is 21.7 Å². The van der Waals surface area contributed by atoms with Crippen molar-refractivity contribution in [2.45, 2.75) is 20.3 Å². The zero-order valence-electron chi connectivity index (χ0n) is 9.25. The summed E-state index contributed by atoms with van der Waals surface area (Å²) in [4.78, 5) is 5.16. The van der Waals surface area contributed by atoms with Gasteiger partial charge >= 0.3 is 0 Å². The lowest BCUT2D eigenvalue weighted by Gasteiger charge is -2.03. The molecule has 0 fully saturated rings. The van der Waals surface area contributed by atoms with Gasteiger partial charge in [0.2, 0.25) is 0 Å². The van der Waals surface area contributed by atoms with Crippen molar-refractivity contribution in [3.05, 3.63) is 45.7 Å². The zero-order valence-corrected chi connectivity index (χ0v) is 10.1. The molecule has 0 saturated heterocycles. The van der Waals surface area contributed by atoms with E-state index in [1.165, 1.54) is 17.4 Å². The van der Waals surface area contributed by atoms with Crippen LogP contribution in [0.15, 0.2) is 18.2 Å². The van der Waals surface area contributed by atoms with Gasteiger partial charge in [0.15, 0.2) is 5.13 Å². The predicted molar refractivity (Wildman–Crippen MR) is 65.2 cm³/mol. The van der Waals surface area contributed by atoms with Crippen molar-refractivity contribution in [1.82, 2.24) is 4.98 Å². The first-order valence-electron chi connectivity index (χ1n) is 5.03. The Morgan fingerprint density at radius 2 is 2.12 bits per heavy atom. The molecule has 4 heteroatoms. The molecule has 0 radical (unpaired) electrons. The highest BCUT2D eigenvalue weighted by molar-refractivity contribution is 7.15. The first-order valence-corrected chi connectivity index (χ1v) is 5.84. The van der Waals surface area contributed by atoms with E-state index >= 15 is 0 Å². The molecule has 0 unspecified atom stereocenters. The maximum atomic E-state index is 13.5. The van der Waals surface area contributed by atoms with Crippen LogP contribution >= 0.6 is 11.3 Å². The third kappa shape index (κ3) is 2.22. The third-order valence-electron chi connectivity index (χ3n) is 2.46. The van der Waals surface area contributed by atoms with E-state index in [4.69, 9.17) is 5.73 Å². The summed E-state index contributed by atoms with van der Waals surface area (Å²) in [6, 6.07) is 5.14. The number of nitrogens with zero attached hydrogens (tertiary/aromatic N) is 1. The molecule has 0 bridgehead atoms. The summed E-state index contributed by atoms with van der Waals surface area (Å²) in [6.07, 6.45) is 0.564. The summed E-state index contributed by atoms with van der Waals surface area (Å²) in [5.41, 5.74) is 8.27. The van der Waals surface area contributed by atoms with Gasteiger partial charge in [-0.1, -0.05) is 17.7 Å². The Kier molecular flexibility index (Phi) is 2.92. The molecule has 1 aromatic heterocycles. The fourth-order valence-corrected chi connectivity index (χ4v) is 2.48. The fraction of sp³-hybridized carbons (Fsp3) is 0.250. The number of nitrogens with two attached hydrogens (primary N) is 1. The maximum Gasteiger partial charge on any atom is 0.180 e. The minimum atomic E-state index is -0.169. The van der Waals surface area contributed by atoms with Crippen LogP contribution < -0.4 is 5.73 Å². The van der Waals surface area contributed by atoms with E-state index in [0.29, 0.717) is 17.1 Å². The molecule has 2 N–H and O–H groups in total. The molecule has 0 saturated carbocycles. The molecule has 0 aliphatic heterocycles. The number of aryl methyl sites for hydroxylation is 2. The predicted octanol–water partition coefficient (Wildman–Crippen LogP) is 3.07. The Labute approximate surface area is 97.9 Å². The van der Waals surface area contributed by atoms with Gasteiger partial charge in [-0.05, 0) is 25.5 Å². The number of halogens is 1. The third-order valence-corrected chi connectivity index (χ3v) is 3.45. The van der Waals surface area contributed by atoms with Gasteiger partial charge in [-0.15, -0.1) is 11.3 Å². The van der Waals surface area contributed by atoms with Crippen molar-refractivity contribution in [1.29, 1.82) is 0 Å². The van der Waals surface area contributed by atoms with E-state index in [1.54, 1.807) is 6.07 Å². The van der Waals surface area contributed by atoms with Gasteiger partial charge in [0.05, 0.1) is 5.69 Å². The molecule has 0 aliphatic rings. The number of benzene rings is 1. The van der Waals surface area contributed by atoms with E-state index in [1.807, 2.05) is 19.9 Å². The van der Waals surface area contributed by atoms with E-state index in [0.717, 1.165) is 16.1 Å². The lowest BCUT2D eigenvalue weighted by molar-refractivity contribution is 0.613. The summed E-state index contributed by atoms with van der Waals surface area (Å²) in [7, 11) is 0. The number of rotatable bonds is 2. The van der Waals surface area contributed by atoms with Crippen LogP contribution in [-0.2, 0) is 6.42 Å². The summed E-state index contributed by atoms with van der Waals surface area (Å²) < 4.78 is 13.5. The van der Waals surface area contributed by atoms with Crippen LogP contribution in [0.2, 0.25) is 0 Å². The quantitative estimate of drug-likeness (QED) is 0.870. The Morgan fingerprint density at radius 1 is 1.38 bits per heavy atom. The van der Waals surface area contributed by atoms with Crippen molar-refractivity contribution in [3.63, 3.8) is 0 Å². The van der Waals surface area contributed by atoms with Crippen molar-refractivity contribution < 1.29 is 4.39 Å². The number of aromatic nitrogens is 1. The number of thiazole rings is 1. The highest BCUT2D eigenvalue weighted by atomic mass is 32.1. The number of hydrogen-bond acceptors (Lipinski definition) is 3. The highest BCUT2D eigenvalue weighted by Crippen LogP contribution is 2.24. The maximum absolute atomic E-state index is 13.5. The van der Waals surface area contributed by atoms with Gasteiger partial charge < -0.3 is 5.73 Å². The molecular weight excluding hydrogens is 223 g/mol. The average Bonchev–Trinajstić information content (AvgIpc) is 2.51. The van der Waals surface area contributed by atoms with E-state index in [9.17, 15) is 4.39 Å². The van der Waals surface area contributed by atoms with Crippen molar-refractivity contribution in [2.24, 2.45) is 0 Å².